The molecular formula is C77H111N19O18S. The summed E-state index contributed by atoms with van der Waals surface area (Å²) in [5.41, 5.74) is 27.5. The van der Waals surface area contributed by atoms with E-state index in [2.05, 4.69) is 74.1 Å². The molecule has 3 aromatic carbocycles. The Hall–Kier alpha value is -11.3. The van der Waals surface area contributed by atoms with Gasteiger partial charge in [-0.05, 0) is 124 Å². The lowest BCUT2D eigenvalue weighted by atomic mass is 9.84. The van der Waals surface area contributed by atoms with Crippen LogP contribution in [-0.2, 0) is 94.3 Å². The third-order valence-electron chi connectivity index (χ3n) is 19.8. The van der Waals surface area contributed by atoms with Gasteiger partial charge in [0.2, 0.25) is 100 Å². The van der Waals surface area contributed by atoms with Crippen molar-refractivity contribution in [3.05, 3.63) is 84.1 Å². The number of rotatable bonds is 38. The first-order valence-corrected chi connectivity index (χ1v) is 39.8. The number of benzene rings is 3. The number of H-pyrrole nitrogens is 1. The molecule has 4 aromatic rings. The zero-order valence-corrected chi connectivity index (χ0v) is 66.0. The molecule has 6 rings (SSSR count). The largest absolute Gasteiger partial charge is 0.391 e. The number of aromatic amines is 1. The third-order valence-corrected chi connectivity index (χ3v) is 20.9. The van der Waals surface area contributed by atoms with Crippen molar-refractivity contribution in [1.29, 1.82) is 0 Å². The quantitative estimate of drug-likeness (QED) is 0.0196. The van der Waals surface area contributed by atoms with Gasteiger partial charge in [-0.15, -0.1) is 0 Å². The summed E-state index contributed by atoms with van der Waals surface area (Å²) < 4.78 is 0. The molecule has 12 atom stereocenters. The van der Waals surface area contributed by atoms with Gasteiger partial charge < -0.3 is 108 Å². The van der Waals surface area contributed by atoms with Crippen LogP contribution >= 0.6 is 11.8 Å². The van der Waals surface area contributed by atoms with E-state index in [0.717, 1.165) is 55.6 Å². The number of aliphatic hydroxyl groups is 1. The Morgan fingerprint density at radius 1 is 0.600 bits per heavy atom. The monoisotopic (exact) mass is 1620 g/mol. The summed E-state index contributed by atoms with van der Waals surface area (Å²) in [6.07, 6.45) is 0.733. The van der Waals surface area contributed by atoms with E-state index < -0.39 is 205 Å². The molecule has 0 bridgehead atoms. The van der Waals surface area contributed by atoms with Crippen molar-refractivity contribution in [3.8, 4) is 0 Å². The highest BCUT2D eigenvalue weighted by Crippen LogP contribution is 2.29. The van der Waals surface area contributed by atoms with Crippen molar-refractivity contribution in [2.45, 2.75) is 228 Å². The molecule has 2 aliphatic rings. The molecular weight excluding hydrogens is 1510 g/mol. The van der Waals surface area contributed by atoms with Gasteiger partial charge in [0.1, 0.15) is 66.0 Å². The minimum atomic E-state index is -1.95. The smallest absolute Gasteiger partial charge is 0.246 e. The van der Waals surface area contributed by atoms with E-state index in [1.54, 1.807) is 54.7 Å². The van der Waals surface area contributed by atoms with Crippen LogP contribution in [0.3, 0.4) is 0 Å². The summed E-state index contributed by atoms with van der Waals surface area (Å²) in [7, 11) is 0. The summed E-state index contributed by atoms with van der Waals surface area (Å²) in [5.74, 6) is -16.5. The number of aromatic nitrogens is 1. The van der Waals surface area contributed by atoms with Crippen LogP contribution in [0.2, 0.25) is 0 Å². The molecule has 628 valence electrons. The molecule has 1 saturated carbocycles. The summed E-state index contributed by atoms with van der Waals surface area (Å²) in [6.45, 7) is 4.63. The number of amides is 17. The number of para-hydroxylation sites is 1. The summed E-state index contributed by atoms with van der Waals surface area (Å²) in [6, 6.07) is 3.38. The van der Waals surface area contributed by atoms with E-state index in [0.29, 0.717) is 47.7 Å². The topological polar surface area (TPSA) is 613 Å². The van der Waals surface area contributed by atoms with Crippen molar-refractivity contribution in [1.82, 2.24) is 74.1 Å². The van der Waals surface area contributed by atoms with Crippen LogP contribution in [0.1, 0.15) is 154 Å². The van der Waals surface area contributed by atoms with Gasteiger partial charge in [-0.1, -0.05) is 92.8 Å². The van der Waals surface area contributed by atoms with E-state index in [1.165, 1.54) is 13.8 Å². The van der Waals surface area contributed by atoms with Crippen LogP contribution in [-0.4, -0.2) is 214 Å². The fourth-order valence-electron chi connectivity index (χ4n) is 13.5. The van der Waals surface area contributed by atoms with Crippen LogP contribution in [0.5, 0.6) is 0 Å². The molecule has 0 radical (unpaired) electrons. The number of hydrogen-bond acceptors (Lipinski definition) is 20. The van der Waals surface area contributed by atoms with Gasteiger partial charge in [0.25, 0.3) is 0 Å². The molecule has 2 fully saturated rings. The van der Waals surface area contributed by atoms with Gasteiger partial charge in [0, 0.05) is 68.9 Å². The Labute approximate surface area is 669 Å². The highest BCUT2D eigenvalue weighted by molar-refractivity contribution is 7.99. The van der Waals surface area contributed by atoms with Crippen molar-refractivity contribution in [3.63, 3.8) is 0 Å². The van der Waals surface area contributed by atoms with Crippen LogP contribution in [0, 0.1) is 5.92 Å². The Balaban J connectivity index is 1.42. The zero-order valence-electron chi connectivity index (χ0n) is 65.2. The average Bonchev–Trinajstić information content (AvgIpc) is 0.954. The first-order chi connectivity index (χ1) is 54.6. The lowest BCUT2D eigenvalue weighted by molar-refractivity contribution is -0.138. The molecule has 0 unspecified atom stereocenters. The molecule has 1 aliphatic carbocycles. The molecule has 17 amide bonds. The first-order valence-electron chi connectivity index (χ1n) is 38.6. The van der Waals surface area contributed by atoms with Gasteiger partial charge >= 0.3 is 0 Å². The Morgan fingerprint density at radius 2 is 1.23 bits per heavy atom. The van der Waals surface area contributed by atoms with Crippen molar-refractivity contribution in [2.24, 2.45) is 34.6 Å². The number of fused-ring (bicyclic) bond motifs is 2. The molecule has 25 N–H and O–H groups in total. The molecule has 38 heteroatoms. The SMILES string of the molecule is CC(=O)NCCCC[C@H](NC(=O)[C@](C)(CCCCN)NC(=O)[C@H](Cc1ccc2ccccc2c1)NC(=O)[C@H](CC1CCCCC1)NC(=O)[C@@H]1CSCC[C@H](NC(C)=O)C(=O)N[C@@H](CCC(N)=O)C(=O)N[C@@H]([C@@H](C)O)C(=O)N[C@@H](Cc2c[nH]c3ccccc23)C(=O)N[C@@H](CCC(N)=O)C(=O)N1)C(=O)N[C@@H](CC(N)=O)C(=O)NCC(N)=O. The molecule has 1 saturated heterocycles. The van der Waals surface area contributed by atoms with E-state index >= 15 is 24.0 Å². The van der Waals surface area contributed by atoms with E-state index in [1.807, 2.05) is 18.2 Å². The molecule has 1 aromatic heterocycles. The maximum absolute atomic E-state index is 15.7. The number of hydrogen-bond donors (Lipinski definition) is 20. The number of unbranched alkanes of at least 4 members (excludes halogenated alkanes) is 2. The summed E-state index contributed by atoms with van der Waals surface area (Å²) in [5, 5.41) is 47.2. The van der Waals surface area contributed by atoms with Gasteiger partial charge in [-0.3, -0.25) is 81.5 Å². The second kappa shape index (κ2) is 46.2. The molecule has 1 aliphatic heterocycles. The van der Waals surface area contributed by atoms with Crippen molar-refractivity contribution >= 4 is 134 Å². The fraction of sp³-hybridized carbons (Fsp3) is 0.545. The highest BCUT2D eigenvalue weighted by Gasteiger charge is 2.42. The first kappa shape index (κ1) is 92.6. The number of nitrogens with two attached hydrogens (primary N) is 5. The summed E-state index contributed by atoms with van der Waals surface area (Å²) in [4.78, 5) is 239. The lowest BCUT2D eigenvalue weighted by Crippen LogP contribution is -2.64. The maximum Gasteiger partial charge on any atom is 0.246 e. The van der Waals surface area contributed by atoms with Crippen molar-refractivity contribution < 1.29 is 86.6 Å². The summed E-state index contributed by atoms with van der Waals surface area (Å²) >= 11 is 0.975. The highest BCUT2D eigenvalue weighted by atomic mass is 32.2. The molecule has 0 spiro atoms. The molecule has 37 nitrogen and oxygen atoms in total. The Morgan fingerprint density at radius 3 is 1.87 bits per heavy atom. The van der Waals surface area contributed by atoms with Gasteiger partial charge in [-0.25, -0.2) is 0 Å². The molecule has 115 heavy (non-hydrogen) atoms. The normalized spacial score (nSPS) is 20.0. The Bertz CT molecular complexity index is 4140. The van der Waals surface area contributed by atoms with Gasteiger partial charge in [0.05, 0.1) is 19.1 Å². The van der Waals surface area contributed by atoms with Crippen LogP contribution in [0.4, 0.5) is 0 Å². The van der Waals surface area contributed by atoms with Crippen molar-refractivity contribution in [2.75, 3.05) is 31.1 Å². The van der Waals surface area contributed by atoms with E-state index in [4.69, 9.17) is 28.7 Å². The number of thioether (sulfide) groups is 1. The number of carbonyl (C=O) groups excluding carboxylic acids is 17. The number of aliphatic hydroxyl groups excluding tert-OH is 1. The van der Waals surface area contributed by atoms with Crippen LogP contribution in [0.25, 0.3) is 21.7 Å². The predicted molar refractivity (Wildman–Crippen MR) is 424 cm³/mol. The Kier molecular flexibility index (Phi) is 37.2. The minimum Gasteiger partial charge on any atom is -0.391 e. The zero-order chi connectivity index (χ0) is 84.5. The van der Waals surface area contributed by atoms with Crippen LogP contribution < -0.4 is 97.8 Å². The van der Waals surface area contributed by atoms with E-state index in [-0.39, 0.29) is 87.8 Å². The molecule has 2 heterocycles. The number of nitrogens with one attached hydrogen (secondary N) is 14. The standard InChI is InChI=1S/C77H111N19O18S/c1-42(97)65-75(113)92-58(37-49-39-84-51-21-11-10-20-50(49)51)72(110)88-53(25-27-61(79)100)68(106)93-60(41-115-33-29-55(86-44(3)99)69(107)87-54(70(108)95-65)26-28-62(80)101)73(111)89-56(35-45-16-6-5-7-17-45)71(109)90-57(36-46-23-24-47-18-8-9-19-48(47)34-46)74(112)96-77(4,30-13-14-31-78)76(114)94-52(22-12-15-32-83-43(2)98)67(105)91-59(38-63(81)102)66(104)85-40-64(82)103/h8-11,18-21,23-24,34,39,42,45,52-60,65,84,97H,5-7,12-17,22,25-33,35-38,40-41,78H2,1-4H3,(H2,79,100)(H2,80,101)(H2,81,102)(H2,82,103)(H,83,98)(H,85,104)(H,86,99)(H,87,107)(H,88,110)(H,89,111)(H,90,109)(H,91,105)(H,92,113)(H,93,106)(H,94,114)(H,95,108)(H,96,112)/t42-,52+,53+,54+,55+,56+,57+,58+,59+,60+,65+,77+/m1/s1. The number of carbonyl (C=O) groups is 17. The maximum atomic E-state index is 15.7. The predicted octanol–water partition coefficient (Wildman–Crippen LogP) is -3.22. The van der Waals surface area contributed by atoms with Crippen LogP contribution in [0.15, 0.2) is 72.9 Å². The minimum absolute atomic E-state index is 0.0288. The third kappa shape index (κ3) is 30.9. The second-order valence-corrected chi connectivity index (χ2v) is 30.5. The average molecular weight is 1620 g/mol. The van der Waals surface area contributed by atoms with E-state index in [9.17, 15) is 62.6 Å². The lowest BCUT2D eigenvalue weighted by Gasteiger charge is -2.34. The van der Waals surface area contributed by atoms with Gasteiger partial charge in [0.15, 0.2) is 0 Å². The second-order valence-electron chi connectivity index (χ2n) is 29.4. The number of primary amides is 4. The fourth-order valence-corrected chi connectivity index (χ4v) is 14.6. The van der Waals surface area contributed by atoms with Gasteiger partial charge in [-0.2, -0.15) is 11.8 Å².